The van der Waals surface area contributed by atoms with Crippen molar-refractivity contribution in [3.8, 4) is 11.3 Å². The molecule has 0 aliphatic carbocycles. The first-order valence-electron chi connectivity index (χ1n) is 8.70. The highest BCUT2D eigenvalue weighted by Crippen LogP contribution is 2.32. The Morgan fingerprint density at radius 2 is 2.07 bits per heavy atom. The highest BCUT2D eigenvalue weighted by atomic mass is 19.1. The first-order valence-corrected chi connectivity index (χ1v) is 8.70. The quantitative estimate of drug-likeness (QED) is 0.775. The van der Waals surface area contributed by atoms with Crippen molar-refractivity contribution in [2.24, 2.45) is 0 Å². The lowest BCUT2D eigenvalue weighted by Crippen LogP contribution is -2.33. The van der Waals surface area contributed by atoms with Crippen molar-refractivity contribution in [2.75, 3.05) is 6.54 Å². The topological polar surface area (TPSA) is 79.0 Å². The lowest BCUT2D eigenvalue weighted by molar-refractivity contribution is 0.0725. The number of hydrogen-bond acceptors (Lipinski definition) is 4. The zero-order valence-electron chi connectivity index (χ0n) is 14.4. The summed E-state index contributed by atoms with van der Waals surface area (Å²) in [5.41, 5.74) is 0.932. The molecule has 1 aliphatic heterocycles. The average molecular weight is 364 g/mol. The van der Waals surface area contributed by atoms with Crippen LogP contribution < -0.4 is 5.56 Å². The van der Waals surface area contributed by atoms with Gasteiger partial charge in [-0.05, 0) is 37.1 Å². The number of H-pyrrole nitrogens is 1. The third-order valence-electron chi connectivity index (χ3n) is 4.65. The Kier molecular flexibility index (Phi) is 4.50. The summed E-state index contributed by atoms with van der Waals surface area (Å²) < 4.78 is 14.0. The highest BCUT2D eigenvalue weighted by molar-refractivity contribution is 5.94. The van der Waals surface area contributed by atoms with Crippen molar-refractivity contribution >= 4 is 5.91 Å². The number of carbonyl (C=O) groups excluding carboxylic acids is 1. The van der Waals surface area contributed by atoms with Crippen LogP contribution in [0.15, 0.2) is 59.7 Å². The minimum absolute atomic E-state index is 0.0233. The molecule has 1 saturated heterocycles. The summed E-state index contributed by atoms with van der Waals surface area (Å²) in [4.78, 5) is 37.9. The van der Waals surface area contributed by atoms with Gasteiger partial charge in [0.25, 0.3) is 11.5 Å². The van der Waals surface area contributed by atoms with Crippen LogP contribution in [0.2, 0.25) is 0 Å². The van der Waals surface area contributed by atoms with Crippen LogP contribution in [0.25, 0.3) is 11.3 Å². The maximum atomic E-state index is 14.0. The molecule has 27 heavy (non-hydrogen) atoms. The Bertz CT molecular complexity index is 1040. The van der Waals surface area contributed by atoms with E-state index < -0.39 is 17.8 Å². The van der Waals surface area contributed by atoms with E-state index in [0.717, 1.165) is 12.0 Å². The van der Waals surface area contributed by atoms with Crippen LogP contribution in [0.4, 0.5) is 4.39 Å². The van der Waals surface area contributed by atoms with Gasteiger partial charge >= 0.3 is 0 Å². The van der Waals surface area contributed by atoms with Crippen LogP contribution in [-0.2, 0) is 0 Å². The van der Waals surface area contributed by atoms with Gasteiger partial charge in [-0.15, -0.1) is 0 Å². The average Bonchev–Trinajstić information content (AvgIpc) is 3.18. The van der Waals surface area contributed by atoms with Crippen LogP contribution in [0.3, 0.4) is 0 Å². The van der Waals surface area contributed by atoms with Gasteiger partial charge in [-0.3, -0.25) is 14.6 Å². The maximum absolute atomic E-state index is 14.0. The van der Waals surface area contributed by atoms with Crippen LogP contribution in [0.1, 0.15) is 35.1 Å². The normalized spacial score (nSPS) is 16.5. The Morgan fingerprint density at radius 3 is 2.85 bits per heavy atom. The molecule has 1 atom stereocenters. The molecule has 1 amide bonds. The predicted octanol–water partition coefficient (Wildman–Crippen LogP) is 2.95. The number of pyridine rings is 1. The highest BCUT2D eigenvalue weighted by Gasteiger charge is 2.33. The third kappa shape index (κ3) is 3.36. The fourth-order valence-corrected chi connectivity index (χ4v) is 3.38. The van der Waals surface area contributed by atoms with Crippen molar-refractivity contribution in [3.05, 3.63) is 82.4 Å². The van der Waals surface area contributed by atoms with Crippen molar-refractivity contribution in [1.82, 2.24) is 19.9 Å². The van der Waals surface area contributed by atoms with Crippen molar-refractivity contribution < 1.29 is 9.18 Å². The molecule has 1 aromatic carbocycles. The monoisotopic (exact) mass is 364 g/mol. The van der Waals surface area contributed by atoms with Crippen LogP contribution in [0.5, 0.6) is 0 Å². The lowest BCUT2D eigenvalue weighted by atomic mass is 10.1. The largest absolute Gasteiger partial charge is 0.328 e. The molecular formula is C20H17FN4O2. The number of rotatable bonds is 3. The van der Waals surface area contributed by atoms with Gasteiger partial charge in [0.1, 0.15) is 11.6 Å². The molecular weight excluding hydrogens is 347 g/mol. The van der Waals surface area contributed by atoms with Gasteiger partial charge < -0.3 is 9.88 Å². The molecule has 0 radical (unpaired) electrons. The smallest absolute Gasteiger partial charge is 0.257 e. The predicted molar refractivity (Wildman–Crippen MR) is 97.5 cm³/mol. The zero-order chi connectivity index (χ0) is 18.8. The number of carbonyl (C=O) groups is 1. The van der Waals surface area contributed by atoms with Gasteiger partial charge in [0.05, 0.1) is 17.3 Å². The summed E-state index contributed by atoms with van der Waals surface area (Å²) in [6.45, 7) is 0.485. The van der Waals surface area contributed by atoms with E-state index in [1.165, 1.54) is 18.2 Å². The second-order valence-electron chi connectivity index (χ2n) is 6.39. The molecule has 1 aliphatic rings. The summed E-state index contributed by atoms with van der Waals surface area (Å²) in [5.74, 6) is -0.549. The number of hydrogen-bond donors (Lipinski definition) is 1. The van der Waals surface area contributed by atoms with Crippen molar-refractivity contribution in [1.29, 1.82) is 0 Å². The molecule has 3 heterocycles. The number of nitrogens with zero attached hydrogens (tertiary/aromatic N) is 3. The van der Waals surface area contributed by atoms with E-state index in [1.54, 1.807) is 35.5 Å². The number of amides is 1. The molecule has 7 heteroatoms. The molecule has 4 rings (SSSR count). The Morgan fingerprint density at radius 1 is 1.22 bits per heavy atom. The Labute approximate surface area is 154 Å². The number of nitrogens with one attached hydrogen (secondary N) is 1. The second kappa shape index (κ2) is 7.11. The molecule has 2 aromatic heterocycles. The summed E-state index contributed by atoms with van der Waals surface area (Å²) in [7, 11) is 0. The summed E-state index contributed by atoms with van der Waals surface area (Å²) in [5, 5.41) is 0. The van der Waals surface area contributed by atoms with E-state index in [9.17, 15) is 14.0 Å². The molecule has 1 fully saturated rings. The lowest BCUT2D eigenvalue weighted by Gasteiger charge is -2.24. The SMILES string of the molecule is O=C(c1ccccc1F)N1CCC[C@H]1c1nc(-c2cccnc2)cc(=O)[nH]1. The summed E-state index contributed by atoms with van der Waals surface area (Å²) in [6.07, 6.45) is 4.68. The van der Waals surface area contributed by atoms with Gasteiger partial charge in [-0.1, -0.05) is 12.1 Å². The first-order chi connectivity index (χ1) is 13.1. The molecule has 0 spiro atoms. The van der Waals surface area contributed by atoms with E-state index in [0.29, 0.717) is 24.5 Å². The molecule has 6 nitrogen and oxygen atoms in total. The van der Waals surface area contributed by atoms with Crippen LogP contribution in [-0.4, -0.2) is 32.3 Å². The summed E-state index contributed by atoms with van der Waals surface area (Å²) in [6, 6.07) is 10.5. The minimum Gasteiger partial charge on any atom is -0.328 e. The molecule has 1 N–H and O–H groups in total. The Hall–Kier alpha value is -3.35. The van der Waals surface area contributed by atoms with Gasteiger partial charge in [-0.2, -0.15) is 0 Å². The number of aromatic amines is 1. The second-order valence-corrected chi connectivity index (χ2v) is 6.39. The maximum Gasteiger partial charge on any atom is 0.257 e. The first kappa shape index (κ1) is 17.1. The number of aromatic nitrogens is 3. The van der Waals surface area contributed by atoms with Crippen molar-refractivity contribution in [2.45, 2.75) is 18.9 Å². The fourth-order valence-electron chi connectivity index (χ4n) is 3.38. The minimum atomic E-state index is -0.557. The molecule has 136 valence electrons. The van der Waals surface area contributed by atoms with E-state index >= 15 is 0 Å². The molecule has 0 bridgehead atoms. The molecule has 3 aromatic rings. The fraction of sp³-hybridized carbons (Fsp3) is 0.200. The number of halogens is 1. The van der Waals surface area contributed by atoms with E-state index in [1.807, 2.05) is 6.07 Å². The molecule has 0 saturated carbocycles. The van der Waals surface area contributed by atoms with Crippen LogP contribution in [0, 0.1) is 5.82 Å². The van der Waals surface area contributed by atoms with E-state index in [2.05, 4.69) is 15.0 Å². The van der Waals surface area contributed by atoms with E-state index in [-0.39, 0.29) is 11.1 Å². The zero-order valence-corrected chi connectivity index (χ0v) is 14.4. The van der Waals surface area contributed by atoms with Gasteiger partial charge in [0.2, 0.25) is 0 Å². The number of likely N-dealkylation sites (tertiary alicyclic amines) is 1. The Balaban J connectivity index is 1.70. The standard InChI is InChI=1S/C20H17FN4O2/c21-15-7-2-1-6-14(15)20(27)25-10-4-8-17(25)19-23-16(11-18(26)24-19)13-5-3-9-22-12-13/h1-3,5-7,9,11-12,17H,4,8,10H2,(H,23,24,26)/t17-/m0/s1. The summed E-state index contributed by atoms with van der Waals surface area (Å²) >= 11 is 0. The van der Waals surface area contributed by atoms with E-state index in [4.69, 9.17) is 0 Å². The van der Waals surface area contributed by atoms with Gasteiger partial charge in [0, 0.05) is 30.6 Å². The molecule has 0 unspecified atom stereocenters. The number of benzene rings is 1. The van der Waals surface area contributed by atoms with Crippen LogP contribution >= 0.6 is 0 Å². The van der Waals surface area contributed by atoms with Crippen molar-refractivity contribution in [3.63, 3.8) is 0 Å². The third-order valence-corrected chi connectivity index (χ3v) is 4.65. The van der Waals surface area contributed by atoms with Gasteiger partial charge in [-0.25, -0.2) is 9.37 Å². The van der Waals surface area contributed by atoms with Gasteiger partial charge in [0.15, 0.2) is 0 Å².